The van der Waals surface area contributed by atoms with Crippen molar-refractivity contribution in [1.82, 2.24) is 25.1 Å². The maximum Gasteiger partial charge on any atom is 0.253 e. The van der Waals surface area contributed by atoms with E-state index in [1.54, 1.807) is 16.8 Å². The van der Waals surface area contributed by atoms with Gasteiger partial charge in [0.1, 0.15) is 11.6 Å². The molecule has 28 heavy (non-hydrogen) atoms. The molecule has 0 bridgehead atoms. The normalized spacial score (nSPS) is 16.8. The Morgan fingerprint density at radius 2 is 1.89 bits per heavy atom. The fourth-order valence-electron chi connectivity index (χ4n) is 3.34. The Morgan fingerprint density at radius 3 is 2.61 bits per heavy atom. The van der Waals surface area contributed by atoms with Crippen LogP contribution >= 0.6 is 0 Å². The molecule has 0 aliphatic carbocycles. The topological polar surface area (TPSA) is 73.1 Å². The van der Waals surface area contributed by atoms with E-state index in [0.717, 1.165) is 24.2 Å². The average molecular weight is 381 g/mol. The molecular weight excluding hydrogens is 361 g/mol. The zero-order valence-electron chi connectivity index (χ0n) is 15.5. The largest absolute Gasteiger partial charge is 0.497 e. The standard InChI is InChI=1S/C20H20FN5O2/c1-28-18-10-6-14(7-11-18)19-22-24-26(23-19)17-3-2-12-25(13-17)20(27)15-4-8-16(21)9-5-15/h4-11,17H,2-3,12-13H2,1H3. The quantitative estimate of drug-likeness (QED) is 0.695. The summed E-state index contributed by atoms with van der Waals surface area (Å²) >= 11 is 0. The van der Waals surface area contributed by atoms with Crippen molar-refractivity contribution in [1.29, 1.82) is 0 Å². The molecule has 1 aliphatic rings. The first-order chi connectivity index (χ1) is 13.6. The van der Waals surface area contributed by atoms with Crippen molar-refractivity contribution in [3.8, 4) is 17.1 Å². The molecule has 0 saturated carbocycles. The summed E-state index contributed by atoms with van der Waals surface area (Å²) < 4.78 is 18.3. The second-order valence-electron chi connectivity index (χ2n) is 6.72. The van der Waals surface area contributed by atoms with E-state index in [-0.39, 0.29) is 17.8 Å². The van der Waals surface area contributed by atoms with E-state index >= 15 is 0 Å². The Morgan fingerprint density at radius 1 is 1.14 bits per heavy atom. The van der Waals surface area contributed by atoms with Gasteiger partial charge in [0.15, 0.2) is 0 Å². The fourth-order valence-corrected chi connectivity index (χ4v) is 3.34. The number of ether oxygens (including phenoxy) is 1. The number of carbonyl (C=O) groups is 1. The molecule has 1 aliphatic heterocycles. The molecule has 0 spiro atoms. The smallest absolute Gasteiger partial charge is 0.253 e. The van der Waals surface area contributed by atoms with Gasteiger partial charge in [0.25, 0.3) is 5.91 Å². The lowest BCUT2D eigenvalue weighted by atomic mass is 10.0. The molecule has 8 heteroatoms. The number of rotatable bonds is 4. The van der Waals surface area contributed by atoms with Gasteiger partial charge in [-0.25, -0.2) is 4.39 Å². The molecule has 1 amide bonds. The Bertz CT molecular complexity index is 955. The second kappa shape index (κ2) is 7.75. The molecule has 2 aromatic carbocycles. The summed E-state index contributed by atoms with van der Waals surface area (Å²) in [7, 11) is 1.62. The number of halogens is 1. The molecule has 144 valence electrons. The highest BCUT2D eigenvalue weighted by atomic mass is 19.1. The minimum absolute atomic E-state index is 0.0438. The van der Waals surface area contributed by atoms with Crippen LogP contribution in [0.2, 0.25) is 0 Å². The minimum Gasteiger partial charge on any atom is -0.497 e. The summed E-state index contributed by atoms with van der Waals surface area (Å²) in [5.74, 6) is 0.828. The van der Waals surface area contributed by atoms with Gasteiger partial charge in [-0.05, 0) is 66.6 Å². The van der Waals surface area contributed by atoms with Crippen molar-refractivity contribution in [2.75, 3.05) is 20.2 Å². The number of hydrogen-bond acceptors (Lipinski definition) is 5. The minimum atomic E-state index is -0.356. The highest BCUT2D eigenvalue weighted by Gasteiger charge is 2.27. The number of aromatic nitrogens is 4. The van der Waals surface area contributed by atoms with Crippen molar-refractivity contribution in [2.45, 2.75) is 18.9 Å². The van der Waals surface area contributed by atoms with Crippen LogP contribution in [-0.4, -0.2) is 51.2 Å². The van der Waals surface area contributed by atoms with Crippen LogP contribution in [-0.2, 0) is 0 Å². The van der Waals surface area contributed by atoms with Gasteiger partial charge in [0, 0.05) is 24.2 Å². The van der Waals surface area contributed by atoms with E-state index in [1.807, 2.05) is 24.3 Å². The van der Waals surface area contributed by atoms with Gasteiger partial charge in [0.05, 0.1) is 13.2 Å². The zero-order valence-corrected chi connectivity index (χ0v) is 15.5. The van der Waals surface area contributed by atoms with Crippen LogP contribution in [0.5, 0.6) is 5.75 Å². The van der Waals surface area contributed by atoms with Crippen LogP contribution in [0.15, 0.2) is 48.5 Å². The van der Waals surface area contributed by atoms with Crippen molar-refractivity contribution >= 4 is 5.91 Å². The number of hydrogen-bond donors (Lipinski definition) is 0. The number of amides is 1. The summed E-state index contributed by atoms with van der Waals surface area (Å²) in [5, 5.41) is 12.8. The molecule has 1 saturated heterocycles. The lowest BCUT2D eigenvalue weighted by Crippen LogP contribution is -2.41. The number of benzene rings is 2. The van der Waals surface area contributed by atoms with Gasteiger partial charge in [-0.2, -0.15) is 4.80 Å². The molecule has 1 aromatic heterocycles. The Labute approximate surface area is 161 Å². The highest BCUT2D eigenvalue weighted by Crippen LogP contribution is 2.23. The Hall–Kier alpha value is -3.29. The third kappa shape index (κ3) is 3.71. The third-order valence-corrected chi connectivity index (χ3v) is 4.88. The van der Waals surface area contributed by atoms with Crippen LogP contribution in [0.1, 0.15) is 29.2 Å². The molecular formula is C20H20FN5O2. The number of carbonyl (C=O) groups excluding carboxylic acids is 1. The third-order valence-electron chi connectivity index (χ3n) is 4.88. The lowest BCUT2D eigenvalue weighted by molar-refractivity contribution is 0.0663. The van der Waals surface area contributed by atoms with Crippen LogP contribution in [0.3, 0.4) is 0 Å². The van der Waals surface area contributed by atoms with Crippen LogP contribution in [0, 0.1) is 5.82 Å². The summed E-state index contributed by atoms with van der Waals surface area (Å²) in [6.45, 7) is 1.15. The zero-order chi connectivity index (χ0) is 19.5. The number of likely N-dealkylation sites (tertiary alicyclic amines) is 1. The van der Waals surface area contributed by atoms with E-state index in [1.165, 1.54) is 24.3 Å². The lowest BCUT2D eigenvalue weighted by Gasteiger charge is -2.31. The number of piperidine rings is 1. The van der Waals surface area contributed by atoms with E-state index in [0.29, 0.717) is 24.5 Å². The molecule has 4 rings (SSSR count). The van der Waals surface area contributed by atoms with Crippen molar-refractivity contribution in [3.05, 3.63) is 59.9 Å². The SMILES string of the molecule is COc1ccc(-c2nnn(C3CCCN(C(=O)c4ccc(F)cc4)C3)n2)cc1. The summed E-state index contributed by atoms with van der Waals surface area (Å²) in [4.78, 5) is 16.0. The predicted octanol–water partition coefficient (Wildman–Crippen LogP) is 2.97. The Balaban J connectivity index is 1.48. The second-order valence-corrected chi connectivity index (χ2v) is 6.72. The van der Waals surface area contributed by atoms with Gasteiger partial charge in [-0.1, -0.05) is 0 Å². The number of methoxy groups -OCH3 is 1. The van der Waals surface area contributed by atoms with Gasteiger partial charge in [-0.15, -0.1) is 10.2 Å². The fraction of sp³-hybridized carbons (Fsp3) is 0.300. The van der Waals surface area contributed by atoms with Gasteiger partial charge in [0.2, 0.25) is 5.82 Å². The Kier molecular flexibility index (Phi) is 5.01. The van der Waals surface area contributed by atoms with Gasteiger partial charge >= 0.3 is 0 Å². The molecule has 0 radical (unpaired) electrons. The summed E-state index contributed by atoms with van der Waals surface area (Å²) in [6, 6.07) is 13.0. The summed E-state index contributed by atoms with van der Waals surface area (Å²) in [6.07, 6.45) is 1.71. The van der Waals surface area contributed by atoms with E-state index in [4.69, 9.17) is 4.74 Å². The van der Waals surface area contributed by atoms with E-state index < -0.39 is 0 Å². The number of nitrogens with zero attached hydrogens (tertiary/aromatic N) is 5. The van der Waals surface area contributed by atoms with Crippen LogP contribution < -0.4 is 4.74 Å². The molecule has 1 unspecified atom stereocenters. The van der Waals surface area contributed by atoms with Crippen molar-refractivity contribution in [2.24, 2.45) is 0 Å². The van der Waals surface area contributed by atoms with Gasteiger partial charge in [-0.3, -0.25) is 4.79 Å². The monoisotopic (exact) mass is 381 g/mol. The molecule has 1 fully saturated rings. The van der Waals surface area contributed by atoms with Gasteiger partial charge < -0.3 is 9.64 Å². The molecule has 3 aromatic rings. The first kappa shape index (κ1) is 18.1. The predicted molar refractivity (Wildman–Crippen MR) is 100 cm³/mol. The van der Waals surface area contributed by atoms with Crippen molar-refractivity contribution < 1.29 is 13.9 Å². The molecule has 1 atom stereocenters. The summed E-state index contributed by atoms with van der Waals surface area (Å²) in [5.41, 5.74) is 1.33. The van der Waals surface area contributed by atoms with E-state index in [2.05, 4.69) is 15.4 Å². The highest BCUT2D eigenvalue weighted by molar-refractivity contribution is 5.94. The average Bonchev–Trinajstić information content (AvgIpc) is 3.24. The first-order valence-electron chi connectivity index (χ1n) is 9.13. The maximum atomic E-state index is 13.1. The van der Waals surface area contributed by atoms with E-state index in [9.17, 15) is 9.18 Å². The molecule has 7 nitrogen and oxygen atoms in total. The number of tetrazole rings is 1. The maximum absolute atomic E-state index is 13.1. The van der Waals surface area contributed by atoms with Crippen LogP contribution in [0.25, 0.3) is 11.4 Å². The van der Waals surface area contributed by atoms with Crippen molar-refractivity contribution in [3.63, 3.8) is 0 Å². The first-order valence-corrected chi connectivity index (χ1v) is 9.13. The molecule has 0 N–H and O–H groups in total. The van der Waals surface area contributed by atoms with Crippen LogP contribution in [0.4, 0.5) is 4.39 Å². The molecule has 2 heterocycles.